The van der Waals surface area contributed by atoms with Crippen molar-refractivity contribution in [2.75, 3.05) is 25.9 Å². The molecule has 1 aromatic heterocycles. The Morgan fingerprint density at radius 1 is 1.65 bits per heavy atom. The average molecular weight is 303 g/mol. The van der Waals surface area contributed by atoms with Gasteiger partial charge in [0.15, 0.2) is 0 Å². The minimum absolute atomic E-state index is 0.0752. The molecule has 1 fully saturated rings. The molecule has 1 aliphatic heterocycles. The van der Waals surface area contributed by atoms with E-state index in [-0.39, 0.29) is 6.54 Å². The Hall–Kier alpha value is -1.54. The molecule has 1 unspecified atom stereocenters. The van der Waals surface area contributed by atoms with Gasteiger partial charge in [-0.2, -0.15) is 0 Å². The van der Waals surface area contributed by atoms with Crippen molar-refractivity contribution in [3.63, 3.8) is 0 Å². The lowest BCUT2D eigenvalue weighted by Crippen LogP contribution is -2.25. The first-order chi connectivity index (χ1) is 9.30. The summed E-state index contributed by atoms with van der Waals surface area (Å²) in [6.07, 6.45) is 2.49. The van der Waals surface area contributed by atoms with Crippen LogP contribution in [0.1, 0.15) is 11.9 Å². The van der Waals surface area contributed by atoms with Gasteiger partial charge in [0.1, 0.15) is 10.8 Å². The fourth-order valence-corrected chi connectivity index (χ4v) is 2.49. The van der Waals surface area contributed by atoms with Gasteiger partial charge in [0.25, 0.3) is 5.92 Å². The highest BCUT2D eigenvalue weighted by atomic mass is 32.1. The van der Waals surface area contributed by atoms with E-state index in [1.54, 1.807) is 24.3 Å². The first-order valence-corrected chi connectivity index (χ1v) is 6.88. The van der Waals surface area contributed by atoms with Crippen LogP contribution < -0.4 is 11.5 Å². The molecule has 1 aliphatic rings. The monoisotopic (exact) mass is 303 g/mol. The van der Waals surface area contributed by atoms with E-state index in [0.717, 1.165) is 6.21 Å². The van der Waals surface area contributed by atoms with Gasteiger partial charge in [0.2, 0.25) is 0 Å². The highest BCUT2D eigenvalue weighted by Crippen LogP contribution is 2.31. The summed E-state index contributed by atoms with van der Waals surface area (Å²) in [5.41, 5.74) is 11.2. The molecule has 2 heterocycles. The van der Waals surface area contributed by atoms with Crippen molar-refractivity contribution in [2.45, 2.75) is 12.8 Å². The van der Waals surface area contributed by atoms with E-state index in [2.05, 4.69) is 4.98 Å². The molecule has 0 spiro atoms. The molecule has 0 aliphatic carbocycles. The van der Waals surface area contributed by atoms with E-state index in [9.17, 15) is 8.78 Å². The number of halogens is 2. The molecule has 1 aromatic rings. The van der Waals surface area contributed by atoms with Crippen LogP contribution in [0.5, 0.6) is 0 Å². The fourth-order valence-electron chi connectivity index (χ4n) is 1.78. The zero-order valence-corrected chi connectivity index (χ0v) is 12.3. The third-order valence-corrected chi connectivity index (χ3v) is 3.80. The number of nitrogen functional groups attached to an aromatic ring is 1. The smallest absolute Gasteiger partial charge is 0.264 e. The molecule has 2 rings (SSSR count). The molecule has 112 valence electrons. The normalized spacial score (nSPS) is 22.2. The summed E-state index contributed by atoms with van der Waals surface area (Å²) in [4.78, 5) is 5.61. The summed E-state index contributed by atoms with van der Waals surface area (Å²) in [5, 5.41) is 9.35. The van der Waals surface area contributed by atoms with E-state index in [0.29, 0.717) is 22.9 Å². The van der Waals surface area contributed by atoms with Crippen molar-refractivity contribution >= 4 is 28.9 Å². The van der Waals surface area contributed by atoms with Crippen LogP contribution in [0.3, 0.4) is 0 Å². The molecular weight excluding hydrogens is 284 g/mol. The van der Waals surface area contributed by atoms with Crippen molar-refractivity contribution in [3.8, 4) is 0 Å². The number of allylic oxidation sites excluding steroid dienone is 1. The van der Waals surface area contributed by atoms with Crippen LogP contribution in [0.25, 0.3) is 5.57 Å². The van der Waals surface area contributed by atoms with Gasteiger partial charge in [0, 0.05) is 35.8 Å². The maximum Gasteiger partial charge on any atom is 0.264 e. The maximum absolute atomic E-state index is 12.5. The second-order valence-corrected chi connectivity index (χ2v) is 5.56. The number of likely N-dealkylation sites (tertiary alicyclic amines) is 1. The minimum Gasteiger partial charge on any atom is -0.404 e. The summed E-state index contributed by atoms with van der Waals surface area (Å²) < 4.78 is 25.1. The number of alkyl halides is 2. The summed E-state index contributed by atoms with van der Waals surface area (Å²) in [6, 6.07) is 0. The highest BCUT2D eigenvalue weighted by Gasteiger charge is 2.43. The van der Waals surface area contributed by atoms with Gasteiger partial charge in [-0.05, 0) is 7.05 Å². The van der Waals surface area contributed by atoms with Gasteiger partial charge in [-0.25, -0.2) is 13.8 Å². The second-order valence-electron chi connectivity index (χ2n) is 4.70. The van der Waals surface area contributed by atoms with E-state index < -0.39 is 11.8 Å². The number of aromatic nitrogens is 1. The Morgan fingerprint density at radius 3 is 2.55 bits per heavy atom. The largest absolute Gasteiger partial charge is 0.404 e. The first-order valence-electron chi connectivity index (χ1n) is 6.00. The summed E-state index contributed by atoms with van der Waals surface area (Å²) >= 11 is 1.37. The molecule has 5 nitrogen and oxygen atoms in total. The van der Waals surface area contributed by atoms with Gasteiger partial charge in [-0.3, -0.25) is 0 Å². The van der Waals surface area contributed by atoms with E-state index in [1.807, 2.05) is 0 Å². The lowest BCUT2D eigenvalue weighted by molar-refractivity contribution is -0.0197. The van der Waals surface area contributed by atoms with Crippen molar-refractivity contribution in [3.05, 3.63) is 16.6 Å². The predicted molar refractivity (Wildman–Crippen MR) is 79.1 cm³/mol. The number of nitrogens with one attached hydrogen (secondary N) is 1. The maximum atomic E-state index is 12.5. The Morgan fingerprint density at radius 2 is 2.30 bits per heavy atom. The topological polar surface area (TPSA) is 92.0 Å². The Balaban J connectivity index is 0.000000204. The van der Waals surface area contributed by atoms with Crippen LogP contribution in [0, 0.1) is 11.3 Å². The molecule has 0 aromatic carbocycles. The molecule has 0 bridgehead atoms. The summed E-state index contributed by atoms with van der Waals surface area (Å²) in [5.74, 6) is -2.46. The molecular formula is C12H19F2N5S. The molecule has 0 saturated carbocycles. The van der Waals surface area contributed by atoms with E-state index in [4.69, 9.17) is 16.9 Å². The zero-order chi connectivity index (χ0) is 15.3. The van der Waals surface area contributed by atoms with Gasteiger partial charge in [-0.1, -0.05) is 6.92 Å². The lowest BCUT2D eigenvalue weighted by Gasteiger charge is -2.11. The van der Waals surface area contributed by atoms with Crippen molar-refractivity contribution < 1.29 is 8.78 Å². The van der Waals surface area contributed by atoms with Gasteiger partial charge < -0.3 is 21.8 Å². The third kappa shape index (κ3) is 4.24. The first kappa shape index (κ1) is 16.5. The number of nitrogens with two attached hydrogens (primary N) is 2. The number of nitrogens with zero attached hydrogens (tertiary/aromatic N) is 2. The van der Waals surface area contributed by atoms with Crippen molar-refractivity contribution in [2.24, 2.45) is 11.7 Å². The molecule has 20 heavy (non-hydrogen) atoms. The van der Waals surface area contributed by atoms with Crippen molar-refractivity contribution in [1.82, 2.24) is 9.88 Å². The SMILES string of the molecule is CC1CN(C)CC1(F)F.N=C/C(=C\N)c1nc(N)cs1. The van der Waals surface area contributed by atoms with Crippen LogP contribution in [0.4, 0.5) is 14.6 Å². The van der Waals surface area contributed by atoms with Gasteiger partial charge >= 0.3 is 0 Å². The molecule has 0 amide bonds. The standard InChI is InChI=1S/C6H11F2N.C6H8N4S/c1-5-3-9(2)4-6(5,7)8;7-1-4(2-8)6-10-5(9)3-11-6/h5H,3-4H2,1-2H3;1-3,7H,8-9H2/b;4-2+,7-1?. The summed E-state index contributed by atoms with van der Waals surface area (Å²) in [7, 11) is 1.72. The van der Waals surface area contributed by atoms with Gasteiger partial charge in [-0.15, -0.1) is 11.3 Å². The Bertz CT molecular complexity index is 486. The van der Waals surface area contributed by atoms with Crippen LogP contribution in [0.2, 0.25) is 0 Å². The zero-order valence-electron chi connectivity index (χ0n) is 11.4. The third-order valence-electron chi connectivity index (χ3n) is 2.89. The Labute approximate surface area is 120 Å². The average Bonchev–Trinajstić information content (AvgIpc) is 2.86. The van der Waals surface area contributed by atoms with E-state index >= 15 is 0 Å². The molecule has 1 atom stereocenters. The fraction of sp³-hybridized carbons (Fsp3) is 0.500. The number of thiazole rings is 1. The minimum atomic E-state index is -2.45. The van der Waals surface area contributed by atoms with Gasteiger partial charge in [0.05, 0.1) is 6.54 Å². The Kier molecular flexibility index (Phi) is 5.58. The van der Waals surface area contributed by atoms with Crippen LogP contribution >= 0.6 is 11.3 Å². The molecule has 8 heteroatoms. The van der Waals surface area contributed by atoms with Crippen molar-refractivity contribution in [1.29, 1.82) is 5.41 Å². The number of hydrogen-bond acceptors (Lipinski definition) is 6. The molecule has 5 N–H and O–H groups in total. The van der Waals surface area contributed by atoms with Crippen LogP contribution in [-0.4, -0.2) is 42.2 Å². The highest BCUT2D eigenvalue weighted by molar-refractivity contribution is 7.11. The quantitative estimate of drug-likeness (QED) is 0.727. The lowest BCUT2D eigenvalue weighted by atomic mass is 10.1. The molecule has 0 radical (unpaired) electrons. The van der Waals surface area contributed by atoms with Crippen LogP contribution in [-0.2, 0) is 0 Å². The molecule has 1 saturated heterocycles. The predicted octanol–water partition coefficient (Wildman–Crippen LogP) is 1.88. The van der Waals surface area contributed by atoms with Crippen LogP contribution in [0.15, 0.2) is 11.6 Å². The number of anilines is 1. The second kappa shape index (κ2) is 6.76. The van der Waals surface area contributed by atoms with E-state index in [1.165, 1.54) is 17.5 Å². The summed E-state index contributed by atoms with van der Waals surface area (Å²) in [6.45, 7) is 2.03. The number of rotatable bonds is 2. The number of hydrogen-bond donors (Lipinski definition) is 3.